The van der Waals surface area contributed by atoms with Crippen LogP contribution in [0.4, 0.5) is 11.4 Å². The number of nitrogens with one attached hydrogen (secondary N) is 1. The largest absolute Gasteiger partial charge is 0.397 e. The number of benzene rings is 1. The number of aliphatic hydroxyl groups excluding tert-OH is 1. The molecule has 1 aliphatic carbocycles. The summed E-state index contributed by atoms with van der Waals surface area (Å²) in [5, 5.41) is 17.9. The average Bonchev–Trinajstić information content (AvgIpc) is 2.36. The van der Waals surface area contributed by atoms with Gasteiger partial charge < -0.3 is 16.2 Å². The Balaban J connectivity index is 2.05. The van der Waals surface area contributed by atoms with E-state index in [2.05, 4.69) is 5.32 Å². The normalized spacial score (nSPS) is 23.5. The molecule has 0 aromatic heterocycles. The molecular formula is C13H21N3O3S. The lowest BCUT2D eigenvalue weighted by molar-refractivity contribution is 0.105. The molecule has 1 aromatic carbocycles. The first-order chi connectivity index (χ1) is 9.36. The number of hydrogen-bond acceptors (Lipinski definition) is 5. The average molecular weight is 299 g/mol. The van der Waals surface area contributed by atoms with Gasteiger partial charge in [-0.2, -0.15) is 0 Å². The molecule has 6 N–H and O–H groups in total. The highest BCUT2D eigenvalue weighted by Crippen LogP contribution is 2.27. The number of sulfonamides is 1. The molecule has 112 valence electrons. The lowest BCUT2D eigenvalue weighted by Crippen LogP contribution is -2.25. The van der Waals surface area contributed by atoms with E-state index in [1.165, 1.54) is 18.2 Å². The van der Waals surface area contributed by atoms with E-state index in [1.54, 1.807) is 0 Å². The third-order valence-corrected chi connectivity index (χ3v) is 4.60. The Labute approximate surface area is 119 Å². The van der Waals surface area contributed by atoms with Gasteiger partial charge in [-0.3, -0.25) is 0 Å². The van der Waals surface area contributed by atoms with Crippen LogP contribution in [0.1, 0.15) is 25.7 Å². The molecule has 0 bridgehead atoms. The molecule has 0 amide bonds. The van der Waals surface area contributed by atoms with Crippen molar-refractivity contribution in [2.45, 2.75) is 36.7 Å². The SMILES string of the molecule is Nc1ccc(S(N)(=O)=O)cc1NCC1CCCC(O)C1. The summed E-state index contributed by atoms with van der Waals surface area (Å²) in [6, 6.07) is 4.36. The van der Waals surface area contributed by atoms with Gasteiger partial charge in [0.15, 0.2) is 0 Å². The molecule has 1 saturated carbocycles. The molecule has 0 spiro atoms. The second kappa shape index (κ2) is 5.99. The van der Waals surface area contributed by atoms with Gasteiger partial charge >= 0.3 is 0 Å². The van der Waals surface area contributed by atoms with Crippen molar-refractivity contribution in [3.05, 3.63) is 18.2 Å². The maximum Gasteiger partial charge on any atom is 0.238 e. The highest BCUT2D eigenvalue weighted by atomic mass is 32.2. The van der Waals surface area contributed by atoms with Gasteiger partial charge in [0.1, 0.15) is 0 Å². The molecular weight excluding hydrogens is 278 g/mol. The summed E-state index contributed by atoms with van der Waals surface area (Å²) in [4.78, 5) is 0.0397. The van der Waals surface area contributed by atoms with Crippen molar-refractivity contribution in [1.82, 2.24) is 0 Å². The summed E-state index contributed by atoms with van der Waals surface area (Å²) < 4.78 is 22.6. The Bertz CT molecular complexity index is 574. The lowest BCUT2D eigenvalue weighted by atomic mass is 9.87. The zero-order valence-corrected chi connectivity index (χ0v) is 12.1. The van der Waals surface area contributed by atoms with Crippen molar-refractivity contribution < 1.29 is 13.5 Å². The highest BCUT2D eigenvalue weighted by molar-refractivity contribution is 7.89. The van der Waals surface area contributed by atoms with Crippen LogP contribution in [0.2, 0.25) is 0 Å². The number of nitrogen functional groups attached to an aromatic ring is 1. The number of anilines is 2. The van der Waals surface area contributed by atoms with Gasteiger partial charge in [0.25, 0.3) is 0 Å². The Morgan fingerprint density at radius 2 is 2.10 bits per heavy atom. The molecule has 2 rings (SSSR count). The smallest absolute Gasteiger partial charge is 0.238 e. The van der Waals surface area contributed by atoms with Crippen molar-refractivity contribution in [2.75, 3.05) is 17.6 Å². The van der Waals surface area contributed by atoms with E-state index in [0.29, 0.717) is 23.8 Å². The fourth-order valence-corrected chi connectivity index (χ4v) is 3.11. The molecule has 1 aromatic rings. The first-order valence-corrected chi connectivity index (χ1v) is 8.25. The van der Waals surface area contributed by atoms with Crippen molar-refractivity contribution in [3.63, 3.8) is 0 Å². The minimum absolute atomic E-state index is 0.0397. The first-order valence-electron chi connectivity index (χ1n) is 6.70. The lowest BCUT2D eigenvalue weighted by Gasteiger charge is -2.26. The Morgan fingerprint density at radius 1 is 1.35 bits per heavy atom. The van der Waals surface area contributed by atoms with Gasteiger partial charge in [0.05, 0.1) is 22.4 Å². The molecule has 7 heteroatoms. The maximum absolute atomic E-state index is 11.3. The summed E-state index contributed by atoms with van der Waals surface area (Å²) in [6.07, 6.45) is 3.46. The van der Waals surface area contributed by atoms with Crippen LogP contribution >= 0.6 is 0 Å². The molecule has 1 aliphatic rings. The Kier molecular flexibility index (Phi) is 4.52. The Hall–Kier alpha value is -1.31. The molecule has 2 unspecified atom stereocenters. The van der Waals surface area contributed by atoms with Crippen molar-refractivity contribution in [1.29, 1.82) is 0 Å². The second-order valence-corrected chi connectivity index (χ2v) is 6.92. The number of primary sulfonamides is 1. The minimum Gasteiger partial charge on any atom is -0.397 e. The van der Waals surface area contributed by atoms with Crippen molar-refractivity contribution in [3.8, 4) is 0 Å². The summed E-state index contributed by atoms with van der Waals surface area (Å²) in [6.45, 7) is 0.662. The summed E-state index contributed by atoms with van der Waals surface area (Å²) in [5.41, 5.74) is 6.87. The molecule has 1 fully saturated rings. The zero-order valence-electron chi connectivity index (χ0n) is 11.2. The topological polar surface area (TPSA) is 118 Å². The monoisotopic (exact) mass is 299 g/mol. The standard InChI is InChI=1S/C13H21N3O3S/c14-12-5-4-11(20(15,18)19)7-13(12)16-8-9-2-1-3-10(17)6-9/h4-5,7,9-10,16-17H,1-3,6,8,14H2,(H2,15,18,19). The number of rotatable bonds is 4. The zero-order chi connectivity index (χ0) is 14.8. The number of aliphatic hydroxyl groups is 1. The summed E-state index contributed by atoms with van der Waals surface area (Å²) >= 11 is 0. The third kappa shape index (κ3) is 3.84. The number of nitrogens with two attached hydrogens (primary N) is 2. The van der Waals surface area contributed by atoms with Gasteiger partial charge in [0, 0.05) is 6.54 Å². The second-order valence-electron chi connectivity index (χ2n) is 5.36. The molecule has 0 aliphatic heterocycles. The van der Waals surface area contributed by atoms with Crippen molar-refractivity contribution >= 4 is 21.4 Å². The van der Waals surface area contributed by atoms with Gasteiger partial charge in [-0.15, -0.1) is 0 Å². The molecule has 20 heavy (non-hydrogen) atoms. The van der Waals surface area contributed by atoms with Crippen molar-refractivity contribution in [2.24, 2.45) is 11.1 Å². The quantitative estimate of drug-likeness (QED) is 0.615. The van der Waals surface area contributed by atoms with Gasteiger partial charge in [0.2, 0.25) is 10.0 Å². The van der Waals surface area contributed by atoms with Crippen LogP contribution in [0.5, 0.6) is 0 Å². The van der Waals surface area contributed by atoms with Gasteiger partial charge in [-0.1, -0.05) is 6.42 Å². The van der Waals surface area contributed by atoms with E-state index < -0.39 is 10.0 Å². The maximum atomic E-state index is 11.3. The summed E-state index contributed by atoms with van der Waals surface area (Å²) in [5.74, 6) is 0.372. The predicted molar refractivity (Wildman–Crippen MR) is 78.7 cm³/mol. The van der Waals surface area contributed by atoms with Gasteiger partial charge in [-0.05, 0) is 43.4 Å². The van der Waals surface area contributed by atoms with E-state index >= 15 is 0 Å². The van der Waals surface area contributed by atoms with Crippen LogP contribution in [0.15, 0.2) is 23.1 Å². The minimum atomic E-state index is -3.73. The molecule has 0 radical (unpaired) electrons. The first kappa shape index (κ1) is 15.1. The van der Waals surface area contributed by atoms with Crippen LogP contribution in [0.3, 0.4) is 0 Å². The molecule has 2 atom stereocenters. The molecule has 0 heterocycles. The van der Waals surface area contributed by atoms with Crippen LogP contribution in [0, 0.1) is 5.92 Å². The van der Waals surface area contributed by atoms with Crippen LogP contribution in [-0.4, -0.2) is 26.2 Å². The third-order valence-electron chi connectivity index (χ3n) is 3.69. The van der Waals surface area contributed by atoms with E-state index in [9.17, 15) is 13.5 Å². The van der Waals surface area contributed by atoms with Gasteiger partial charge in [-0.25, -0.2) is 13.6 Å². The molecule has 6 nitrogen and oxygen atoms in total. The van der Waals surface area contributed by atoms with E-state index in [0.717, 1.165) is 25.7 Å². The summed E-state index contributed by atoms with van der Waals surface area (Å²) in [7, 11) is -3.73. The predicted octanol–water partition coefficient (Wildman–Crippen LogP) is 0.879. The fourth-order valence-electron chi connectivity index (χ4n) is 2.57. The van der Waals surface area contributed by atoms with Crippen LogP contribution in [0.25, 0.3) is 0 Å². The van der Waals surface area contributed by atoms with Crippen LogP contribution < -0.4 is 16.2 Å². The van der Waals surface area contributed by atoms with Crippen LogP contribution in [-0.2, 0) is 10.0 Å². The van der Waals surface area contributed by atoms with E-state index in [-0.39, 0.29) is 11.0 Å². The van der Waals surface area contributed by atoms with E-state index in [4.69, 9.17) is 10.9 Å². The Morgan fingerprint density at radius 3 is 2.75 bits per heavy atom. The fraction of sp³-hybridized carbons (Fsp3) is 0.538. The number of hydrogen-bond donors (Lipinski definition) is 4. The molecule has 0 saturated heterocycles. The highest BCUT2D eigenvalue weighted by Gasteiger charge is 2.20. The van der Waals surface area contributed by atoms with E-state index in [1.807, 2.05) is 0 Å².